The zero-order valence-electron chi connectivity index (χ0n) is 17.4. The van der Waals surface area contributed by atoms with Gasteiger partial charge in [0.15, 0.2) is 11.0 Å². The zero-order valence-corrected chi connectivity index (χ0v) is 19.8. The Morgan fingerprint density at radius 2 is 2.09 bits per heavy atom. The van der Waals surface area contributed by atoms with Crippen molar-refractivity contribution < 1.29 is 19.1 Å². The summed E-state index contributed by atoms with van der Waals surface area (Å²) in [4.78, 5) is 44.9. The van der Waals surface area contributed by atoms with Crippen LogP contribution in [0.3, 0.4) is 0 Å². The lowest BCUT2D eigenvalue weighted by molar-refractivity contribution is -0.130. The number of carbonyl (C=O) groups is 3. The van der Waals surface area contributed by atoms with Crippen LogP contribution >= 0.6 is 35.2 Å². The van der Waals surface area contributed by atoms with Crippen molar-refractivity contribution in [1.29, 1.82) is 0 Å². The largest absolute Gasteiger partial charge is 0.465 e. The van der Waals surface area contributed by atoms with Crippen molar-refractivity contribution in [1.82, 2.24) is 5.32 Å². The van der Waals surface area contributed by atoms with Crippen LogP contribution in [0.2, 0.25) is 5.02 Å². The van der Waals surface area contributed by atoms with E-state index in [-0.39, 0.29) is 5.11 Å². The molecule has 7 nitrogen and oxygen atoms in total. The van der Waals surface area contributed by atoms with Crippen molar-refractivity contribution in [3.8, 4) is 0 Å². The Morgan fingerprint density at radius 3 is 2.81 bits per heavy atom. The van der Waals surface area contributed by atoms with Gasteiger partial charge in [-0.15, -0.1) is 11.3 Å². The maximum absolute atomic E-state index is 13.2. The molecule has 0 saturated carbocycles. The van der Waals surface area contributed by atoms with Crippen LogP contribution in [0.15, 0.2) is 23.2 Å². The molecule has 1 atom stereocenters. The van der Waals surface area contributed by atoms with Gasteiger partial charge in [-0.05, 0) is 68.1 Å². The number of halogens is 1. The molecule has 2 aromatic rings. The van der Waals surface area contributed by atoms with E-state index in [0.29, 0.717) is 21.3 Å². The van der Waals surface area contributed by atoms with Crippen LogP contribution in [-0.4, -0.2) is 36.2 Å². The number of thiocarbonyl (C=S) groups is 1. The first kappa shape index (κ1) is 22.6. The van der Waals surface area contributed by atoms with E-state index in [1.165, 1.54) is 29.6 Å². The Kier molecular flexibility index (Phi) is 6.41. The zero-order chi connectivity index (χ0) is 23.0. The van der Waals surface area contributed by atoms with Gasteiger partial charge >= 0.3 is 5.97 Å². The smallest absolute Gasteiger partial charge is 0.341 e. The number of aliphatic imine (C=N–C) groups is 1. The summed E-state index contributed by atoms with van der Waals surface area (Å²) in [5, 5.41) is 3.45. The number of nitrogens with zero attached hydrogens (tertiary/aromatic N) is 2. The Bertz CT molecular complexity index is 1170. The molecule has 1 saturated heterocycles. The summed E-state index contributed by atoms with van der Waals surface area (Å²) in [6, 6.07) is 5.10. The lowest BCUT2D eigenvalue weighted by atomic mass is 9.95. The number of anilines is 1. The highest BCUT2D eigenvalue weighted by Gasteiger charge is 2.39. The number of rotatable bonds is 4. The lowest BCUT2D eigenvalue weighted by Gasteiger charge is -2.31. The van der Waals surface area contributed by atoms with E-state index in [1.54, 1.807) is 18.2 Å². The summed E-state index contributed by atoms with van der Waals surface area (Å²) in [6.45, 7) is 1.85. The van der Waals surface area contributed by atoms with Gasteiger partial charge < -0.3 is 10.1 Å². The number of hydrogen-bond acceptors (Lipinski definition) is 7. The molecule has 1 aromatic heterocycles. The lowest BCUT2D eigenvalue weighted by Crippen LogP contribution is -2.58. The second-order valence-corrected chi connectivity index (χ2v) is 9.42. The molecular weight excluding hydrogens is 470 g/mol. The molecule has 1 aromatic carbocycles. The maximum atomic E-state index is 13.2. The van der Waals surface area contributed by atoms with Crippen LogP contribution in [0.4, 0.5) is 10.7 Å². The van der Waals surface area contributed by atoms with Crippen molar-refractivity contribution in [2.45, 2.75) is 32.6 Å². The molecule has 0 bridgehead atoms. The van der Waals surface area contributed by atoms with Crippen LogP contribution in [-0.2, 0) is 27.2 Å². The number of aryl methyl sites for hydroxylation is 2. The summed E-state index contributed by atoms with van der Waals surface area (Å²) in [6.07, 6.45) is 4.97. The third-order valence-electron chi connectivity index (χ3n) is 5.50. The minimum absolute atomic E-state index is 0.0218. The predicted octanol–water partition coefficient (Wildman–Crippen LogP) is 4.14. The van der Waals surface area contributed by atoms with E-state index in [2.05, 4.69) is 10.3 Å². The molecule has 1 N–H and O–H groups in total. The van der Waals surface area contributed by atoms with Crippen LogP contribution < -0.4 is 10.2 Å². The van der Waals surface area contributed by atoms with Crippen LogP contribution in [0.25, 0.3) is 0 Å². The quantitative estimate of drug-likeness (QED) is 0.302. The molecule has 4 rings (SSSR count). The van der Waals surface area contributed by atoms with Gasteiger partial charge in [0.05, 0.1) is 18.4 Å². The Balaban J connectivity index is 1.68. The SMILES string of the molecule is COC(=O)c1c(N=CC2C(=O)NC(=S)N(c3ccc(C)c(Cl)c3)C2=O)sc2c1CCCC2. The first-order valence-electron chi connectivity index (χ1n) is 10.0. The van der Waals surface area contributed by atoms with E-state index in [4.69, 9.17) is 28.6 Å². The van der Waals surface area contributed by atoms with Crippen molar-refractivity contribution in [2.24, 2.45) is 10.9 Å². The fraction of sp³-hybridized carbons (Fsp3) is 0.318. The number of nitrogens with one attached hydrogen (secondary N) is 1. The standard InChI is InChI=1S/C22H20ClN3O4S2/c1-11-7-8-12(9-15(11)23)26-20(28)14(18(27)25-22(26)31)10-24-19-17(21(29)30-2)13-5-3-4-6-16(13)32-19/h7-10,14H,3-6H2,1-2H3,(H,25,27,31). The highest BCUT2D eigenvalue weighted by molar-refractivity contribution is 7.80. The predicted molar refractivity (Wildman–Crippen MR) is 128 cm³/mol. The van der Waals surface area contributed by atoms with Gasteiger partial charge in [0.1, 0.15) is 5.00 Å². The number of carbonyl (C=O) groups excluding carboxylic acids is 3. The molecule has 0 radical (unpaired) electrons. The summed E-state index contributed by atoms with van der Waals surface area (Å²) >= 11 is 12.8. The third-order valence-corrected chi connectivity index (χ3v) is 7.39. The first-order chi connectivity index (χ1) is 15.3. The summed E-state index contributed by atoms with van der Waals surface area (Å²) in [5.41, 5.74) is 2.68. The average molecular weight is 490 g/mol. The normalized spacial score (nSPS) is 18.7. The van der Waals surface area contributed by atoms with E-state index in [1.807, 2.05) is 6.92 Å². The van der Waals surface area contributed by atoms with Crippen molar-refractivity contribution in [3.63, 3.8) is 0 Å². The molecule has 1 aliphatic carbocycles. The van der Waals surface area contributed by atoms with E-state index >= 15 is 0 Å². The van der Waals surface area contributed by atoms with Crippen LogP contribution in [0, 0.1) is 12.8 Å². The van der Waals surface area contributed by atoms with Crippen LogP contribution in [0.5, 0.6) is 0 Å². The second kappa shape index (κ2) is 9.09. The van der Waals surface area contributed by atoms with Gasteiger partial charge in [0.25, 0.3) is 5.91 Å². The Hall–Kier alpha value is -2.62. The number of hydrogen-bond donors (Lipinski definition) is 1. The van der Waals surface area contributed by atoms with Crippen LogP contribution in [0.1, 0.15) is 39.2 Å². The molecule has 166 valence electrons. The number of fused-ring (bicyclic) bond motifs is 1. The molecule has 1 aliphatic heterocycles. The van der Waals surface area contributed by atoms with E-state index in [9.17, 15) is 14.4 Å². The highest BCUT2D eigenvalue weighted by Crippen LogP contribution is 2.40. The van der Waals surface area contributed by atoms with Gasteiger partial charge in [-0.25, -0.2) is 9.79 Å². The highest BCUT2D eigenvalue weighted by atomic mass is 35.5. The van der Waals surface area contributed by atoms with Gasteiger partial charge in [0, 0.05) is 16.1 Å². The van der Waals surface area contributed by atoms with Gasteiger partial charge in [0.2, 0.25) is 5.91 Å². The van der Waals surface area contributed by atoms with Gasteiger partial charge in [-0.2, -0.15) is 0 Å². The average Bonchev–Trinajstić information content (AvgIpc) is 3.13. The summed E-state index contributed by atoms with van der Waals surface area (Å²) in [5.74, 6) is -2.78. The number of ether oxygens (including phenoxy) is 1. The molecule has 2 heterocycles. The summed E-state index contributed by atoms with van der Waals surface area (Å²) < 4.78 is 4.95. The molecule has 10 heteroatoms. The first-order valence-corrected chi connectivity index (χ1v) is 11.6. The summed E-state index contributed by atoms with van der Waals surface area (Å²) in [7, 11) is 1.33. The minimum atomic E-state index is -1.20. The Labute approximate surface area is 199 Å². The molecular formula is C22H20ClN3O4S2. The molecule has 1 unspecified atom stereocenters. The third kappa shape index (κ3) is 4.07. The van der Waals surface area contributed by atoms with E-state index in [0.717, 1.165) is 41.7 Å². The number of thiophene rings is 1. The number of esters is 1. The fourth-order valence-corrected chi connectivity index (χ4v) is 5.48. The van der Waals surface area contributed by atoms with Crippen molar-refractivity contribution >= 4 is 75.0 Å². The maximum Gasteiger partial charge on any atom is 0.341 e. The van der Waals surface area contributed by atoms with Gasteiger partial charge in [-0.1, -0.05) is 17.7 Å². The van der Waals surface area contributed by atoms with Crippen molar-refractivity contribution in [2.75, 3.05) is 12.0 Å². The molecule has 32 heavy (non-hydrogen) atoms. The monoisotopic (exact) mass is 489 g/mol. The second-order valence-electron chi connectivity index (χ2n) is 7.54. The molecule has 2 aliphatic rings. The van der Waals surface area contributed by atoms with E-state index < -0.39 is 23.7 Å². The molecule has 2 amide bonds. The fourth-order valence-electron chi connectivity index (χ4n) is 3.78. The number of amides is 2. The van der Waals surface area contributed by atoms with Gasteiger partial charge in [-0.3, -0.25) is 14.5 Å². The topological polar surface area (TPSA) is 88.1 Å². The number of benzene rings is 1. The molecule has 0 spiro atoms. The Morgan fingerprint density at radius 1 is 1.34 bits per heavy atom. The van der Waals surface area contributed by atoms with Crippen molar-refractivity contribution in [3.05, 3.63) is 44.8 Å². The number of methoxy groups -OCH3 is 1. The minimum Gasteiger partial charge on any atom is -0.465 e. The molecule has 1 fully saturated rings.